The van der Waals surface area contributed by atoms with Crippen LogP contribution in [-0.2, 0) is 4.79 Å². The molecule has 0 aliphatic rings. The Hall–Kier alpha value is -1.08. The zero-order valence-corrected chi connectivity index (χ0v) is 4.79. The van der Waals surface area contributed by atoms with Gasteiger partial charge in [0.1, 0.15) is 6.79 Å². The Kier molecular flexibility index (Phi) is 334. The summed E-state index contributed by atoms with van der Waals surface area (Å²) in [5, 5.41) is 14.7. The van der Waals surface area contributed by atoms with Gasteiger partial charge < -0.3 is 15.6 Å². The molecule has 0 heterocycles. The van der Waals surface area contributed by atoms with Crippen LogP contribution in [-0.4, -0.2) is 18.5 Å². The van der Waals surface area contributed by atoms with E-state index >= 15 is 0 Å². The first-order chi connectivity index (χ1) is 3.83. The molecule has 0 rings (SSSR count). The fraction of sp³-hybridized carbons (Fsp3) is 0.500. The van der Waals surface area contributed by atoms with Crippen molar-refractivity contribution in [2.24, 2.45) is 5.73 Å². The van der Waals surface area contributed by atoms with Crippen molar-refractivity contribution in [3.63, 3.8) is 0 Å². The van der Waals surface area contributed by atoms with Crippen molar-refractivity contribution in [1.82, 2.24) is 0 Å². The molecule has 4 heteroatoms. The van der Waals surface area contributed by atoms with Gasteiger partial charge in [0, 0.05) is 6.61 Å². The second kappa shape index (κ2) is 169. The molecule has 48 valence electrons. The van der Waals surface area contributed by atoms with Crippen molar-refractivity contribution < 1.29 is 9.90 Å². The molecule has 0 spiro atoms. The number of rotatable bonds is 0. The SMILES string of the molecule is C=O.CCO.N#CN. The minimum atomic E-state index is 0.250. The Morgan fingerprint density at radius 3 is 1.88 bits per heavy atom. The van der Waals surface area contributed by atoms with Gasteiger partial charge in [0.15, 0.2) is 6.19 Å². The molecule has 0 aromatic rings. The normalized spacial score (nSPS) is 3.62. The highest BCUT2D eigenvalue weighted by Gasteiger charge is 1.34. The molecule has 0 unspecified atom stereocenters. The molecule has 8 heavy (non-hydrogen) atoms. The molecular formula is C4H10N2O2. The van der Waals surface area contributed by atoms with Gasteiger partial charge in [-0.1, -0.05) is 0 Å². The van der Waals surface area contributed by atoms with Crippen LogP contribution in [0.25, 0.3) is 0 Å². The van der Waals surface area contributed by atoms with E-state index in [1.165, 1.54) is 6.19 Å². The fourth-order valence-corrected chi connectivity index (χ4v) is 0. The van der Waals surface area contributed by atoms with Gasteiger partial charge in [-0.25, -0.2) is 0 Å². The zero-order chi connectivity index (χ0) is 7.41. The summed E-state index contributed by atoms with van der Waals surface area (Å²) >= 11 is 0. The lowest BCUT2D eigenvalue weighted by Gasteiger charge is -1.52. The Morgan fingerprint density at radius 2 is 1.88 bits per heavy atom. The molecule has 0 radical (unpaired) electrons. The van der Waals surface area contributed by atoms with E-state index in [4.69, 9.17) is 15.2 Å². The molecule has 0 saturated carbocycles. The third-order valence-electron chi connectivity index (χ3n) is 0. The summed E-state index contributed by atoms with van der Waals surface area (Å²) < 4.78 is 0. The summed E-state index contributed by atoms with van der Waals surface area (Å²) in [6.45, 7) is 3.93. The Bertz CT molecular complexity index is 50.5. The van der Waals surface area contributed by atoms with Gasteiger partial charge in [-0.3, -0.25) is 0 Å². The maximum Gasteiger partial charge on any atom is 0.173 e. The molecule has 0 aliphatic carbocycles. The van der Waals surface area contributed by atoms with Crippen molar-refractivity contribution >= 4 is 6.79 Å². The van der Waals surface area contributed by atoms with Crippen LogP contribution in [0.1, 0.15) is 6.92 Å². The highest BCUT2D eigenvalue weighted by atomic mass is 16.2. The van der Waals surface area contributed by atoms with Crippen LogP contribution in [0.5, 0.6) is 0 Å². The summed E-state index contributed by atoms with van der Waals surface area (Å²) in [5.41, 5.74) is 4.15. The average molecular weight is 118 g/mol. The molecule has 0 bridgehead atoms. The molecular weight excluding hydrogens is 108 g/mol. The van der Waals surface area contributed by atoms with E-state index in [0.29, 0.717) is 0 Å². The second-order valence-electron chi connectivity index (χ2n) is 0.445. The van der Waals surface area contributed by atoms with Crippen LogP contribution in [0.15, 0.2) is 0 Å². The molecule has 3 N–H and O–H groups in total. The number of carbonyl (C=O) groups excluding carboxylic acids is 1. The van der Waals surface area contributed by atoms with Crippen LogP contribution in [0.4, 0.5) is 0 Å². The van der Waals surface area contributed by atoms with Crippen LogP contribution in [0.2, 0.25) is 0 Å². The predicted octanol–water partition coefficient (Wildman–Crippen LogP) is -0.760. The third kappa shape index (κ3) is 64.8. The minimum Gasteiger partial charge on any atom is -0.397 e. The second-order valence-corrected chi connectivity index (χ2v) is 0.445. The van der Waals surface area contributed by atoms with Crippen LogP contribution < -0.4 is 5.73 Å². The first-order valence-corrected chi connectivity index (χ1v) is 1.82. The van der Waals surface area contributed by atoms with Gasteiger partial charge in [0.05, 0.1) is 0 Å². The largest absolute Gasteiger partial charge is 0.397 e. The average Bonchev–Trinajstić information content (AvgIpc) is 1.75. The number of nitriles is 1. The molecule has 0 aliphatic heterocycles. The van der Waals surface area contributed by atoms with E-state index in [9.17, 15) is 0 Å². The highest BCUT2D eigenvalue weighted by Crippen LogP contribution is 1.30. The van der Waals surface area contributed by atoms with Crippen LogP contribution in [0, 0.1) is 11.5 Å². The molecule has 0 fully saturated rings. The maximum absolute atomic E-state index is 8.00. The fourth-order valence-electron chi connectivity index (χ4n) is 0. The van der Waals surface area contributed by atoms with Crippen LogP contribution >= 0.6 is 0 Å². The number of aliphatic hydroxyl groups excluding tert-OH is 1. The lowest BCUT2D eigenvalue weighted by atomic mass is 10.9. The zero-order valence-electron chi connectivity index (χ0n) is 4.79. The standard InChI is InChI=1S/C2H6O.CH2N2.CH2O/c1-2-3;2-1-3;1-2/h3H,2H2,1H3;2H2;1H2. The quantitative estimate of drug-likeness (QED) is 0.323. The first kappa shape index (κ1) is 15.8. The van der Waals surface area contributed by atoms with Gasteiger partial charge in [-0.15, -0.1) is 0 Å². The Balaban J connectivity index is -0.0000000483. The van der Waals surface area contributed by atoms with E-state index in [-0.39, 0.29) is 6.61 Å². The van der Waals surface area contributed by atoms with E-state index in [2.05, 4.69) is 5.73 Å². The van der Waals surface area contributed by atoms with E-state index < -0.39 is 0 Å². The lowest BCUT2D eigenvalue weighted by molar-refractivity contribution is -0.0979. The number of nitrogens with zero attached hydrogens (tertiary/aromatic N) is 1. The summed E-state index contributed by atoms with van der Waals surface area (Å²) in [6.07, 6.45) is 1.25. The molecule has 0 aromatic heterocycles. The van der Waals surface area contributed by atoms with Crippen molar-refractivity contribution in [3.05, 3.63) is 0 Å². The van der Waals surface area contributed by atoms with Crippen molar-refractivity contribution in [3.8, 4) is 6.19 Å². The number of hydrogen-bond acceptors (Lipinski definition) is 4. The minimum absolute atomic E-state index is 0.250. The summed E-state index contributed by atoms with van der Waals surface area (Å²) in [5.74, 6) is 0. The molecule has 0 amide bonds. The monoisotopic (exact) mass is 118 g/mol. The first-order valence-electron chi connectivity index (χ1n) is 1.82. The van der Waals surface area contributed by atoms with Gasteiger partial charge in [-0.2, -0.15) is 5.26 Å². The van der Waals surface area contributed by atoms with Crippen LogP contribution in [0.3, 0.4) is 0 Å². The lowest BCUT2D eigenvalue weighted by Crippen LogP contribution is -1.69. The van der Waals surface area contributed by atoms with E-state index in [1.54, 1.807) is 6.92 Å². The highest BCUT2D eigenvalue weighted by molar-refractivity contribution is 5.10. The molecule has 0 saturated heterocycles. The summed E-state index contributed by atoms with van der Waals surface area (Å²) in [4.78, 5) is 8.00. The number of nitrogens with two attached hydrogens (primary N) is 1. The Labute approximate surface area is 48.5 Å². The van der Waals surface area contributed by atoms with Gasteiger partial charge in [-0.05, 0) is 6.92 Å². The van der Waals surface area contributed by atoms with Crippen molar-refractivity contribution in [2.45, 2.75) is 6.92 Å². The topological polar surface area (TPSA) is 87.1 Å². The van der Waals surface area contributed by atoms with Gasteiger partial charge in [0.2, 0.25) is 0 Å². The number of hydrogen-bond donors (Lipinski definition) is 2. The molecule has 4 nitrogen and oxygen atoms in total. The van der Waals surface area contributed by atoms with Crippen molar-refractivity contribution in [2.75, 3.05) is 6.61 Å². The van der Waals surface area contributed by atoms with Gasteiger partial charge in [0.25, 0.3) is 0 Å². The molecule has 0 aromatic carbocycles. The number of carbonyl (C=O) groups is 1. The van der Waals surface area contributed by atoms with E-state index in [0.717, 1.165) is 0 Å². The van der Waals surface area contributed by atoms with E-state index in [1.807, 2.05) is 6.79 Å². The van der Waals surface area contributed by atoms with Gasteiger partial charge >= 0.3 is 0 Å². The van der Waals surface area contributed by atoms with Crippen molar-refractivity contribution in [1.29, 1.82) is 5.26 Å². The number of aliphatic hydroxyl groups is 1. The summed E-state index contributed by atoms with van der Waals surface area (Å²) in [6, 6.07) is 0. The smallest absolute Gasteiger partial charge is 0.173 e. The summed E-state index contributed by atoms with van der Waals surface area (Å²) in [7, 11) is 0. The molecule has 0 atom stereocenters. The maximum atomic E-state index is 8.00. The predicted molar refractivity (Wildman–Crippen MR) is 29.7 cm³/mol. The Morgan fingerprint density at radius 1 is 1.88 bits per heavy atom. The third-order valence-corrected chi connectivity index (χ3v) is 0.